The molecule has 1 aliphatic heterocycles. The zero-order chi connectivity index (χ0) is 21.3. The predicted molar refractivity (Wildman–Crippen MR) is 99.1 cm³/mol. The number of aliphatic hydroxyl groups is 1. The number of esters is 2. The minimum atomic E-state index is -2.39. The summed E-state index contributed by atoms with van der Waals surface area (Å²) in [5, 5.41) is 25.3. The smallest absolute Gasteiger partial charge is 0.360 e. The minimum absolute atomic E-state index is 0.00624. The van der Waals surface area contributed by atoms with Crippen LogP contribution in [0.2, 0.25) is 0 Å². The number of carbonyl (C=O) groups is 2. The largest absolute Gasteiger partial charge is 0.462 e. The van der Waals surface area contributed by atoms with Crippen molar-refractivity contribution in [1.29, 1.82) is 0 Å². The van der Waals surface area contributed by atoms with Gasteiger partial charge in [0.05, 0.1) is 23.0 Å². The number of benzene rings is 1. The van der Waals surface area contributed by atoms with E-state index in [1.165, 1.54) is 31.2 Å². The maximum absolute atomic E-state index is 12.9. The fraction of sp³-hybridized carbons (Fsp3) is 0.474. The molecular formula is C19H24N2O7. The first-order valence-corrected chi connectivity index (χ1v) is 8.77. The standard InChI is InChI=1S/C19H24N2O7/c1-6-27-17(23)19(24)15(12-9-7-8-10-13(12)21(25)26)14(11(2)20-19)16(22)28-18(3,4)5/h7-10,15,20,24H,6H2,1-5H3/t15-,19+/m0/s1. The molecule has 0 radical (unpaired) electrons. The van der Waals surface area contributed by atoms with Crippen LogP contribution in [0.1, 0.15) is 46.1 Å². The molecule has 0 bridgehead atoms. The lowest BCUT2D eigenvalue weighted by molar-refractivity contribution is -0.385. The van der Waals surface area contributed by atoms with E-state index in [0.717, 1.165) is 0 Å². The highest BCUT2D eigenvalue weighted by atomic mass is 16.6. The van der Waals surface area contributed by atoms with Crippen molar-refractivity contribution in [2.24, 2.45) is 0 Å². The number of carbonyl (C=O) groups excluding carboxylic acids is 2. The summed E-state index contributed by atoms with van der Waals surface area (Å²) >= 11 is 0. The molecular weight excluding hydrogens is 368 g/mol. The van der Waals surface area contributed by atoms with E-state index in [1.54, 1.807) is 27.7 Å². The molecule has 9 heteroatoms. The van der Waals surface area contributed by atoms with Crippen LogP contribution < -0.4 is 5.32 Å². The second kappa shape index (κ2) is 7.59. The first-order chi connectivity index (χ1) is 12.9. The summed E-state index contributed by atoms with van der Waals surface area (Å²) in [5.41, 5.74) is -3.48. The van der Waals surface area contributed by atoms with Crippen molar-refractivity contribution in [3.8, 4) is 0 Å². The third kappa shape index (κ3) is 3.99. The highest BCUT2D eigenvalue weighted by Crippen LogP contribution is 2.45. The first-order valence-electron chi connectivity index (χ1n) is 8.77. The molecule has 9 nitrogen and oxygen atoms in total. The van der Waals surface area contributed by atoms with Crippen LogP contribution in [0, 0.1) is 10.1 Å². The Kier molecular flexibility index (Phi) is 5.79. The number of hydrogen-bond acceptors (Lipinski definition) is 8. The highest BCUT2D eigenvalue weighted by Gasteiger charge is 2.57. The van der Waals surface area contributed by atoms with Crippen molar-refractivity contribution < 1.29 is 29.1 Å². The molecule has 152 valence electrons. The van der Waals surface area contributed by atoms with Crippen molar-refractivity contribution in [1.82, 2.24) is 5.32 Å². The van der Waals surface area contributed by atoms with E-state index in [-0.39, 0.29) is 29.1 Å². The van der Waals surface area contributed by atoms with Crippen LogP contribution in [0.5, 0.6) is 0 Å². The topological polar surface area (TPSA) is 128 Å². The van der Waals surface area contributed by atoms with Crippen molar-refractivity contribution in [3.05, 3.63) is 51.2 Å². The van der Waals surface area contributed by atoms with Gasteiger partial charge in [-0.05, 0) is 34.6 Å². The quantitative estimate of drug-likeness (QED) is 0.443. The molecule has 1 aromatic rings. The Morgan fingerprint density at radius 1 is 1.32 bits per heavy atom. The molecule has 1 heterocycles. The lowest BCUT2D eigenvalue weighted by Gasteiger charge is -2.30. The molecule has 0 amide bonds. The Labute approximate surface area is 162 Å². The number of nitro groups is 1. The predicted octanol–water partition coefficient (Wildman–Crippen LogP) is 2.15. The summed E-state index contributed by atoms with van der Waals surface area (Å²) in [6.45, 7) is 8.03. The van der Waals surface area contributed by atoms with Gasteiger partial charge in [0, 0.05) is 17.3 Å². The fourth-order valence-corrected chi connectivity index (χ4v) is 3.14. The van der Waals surface area contributed by atoms with E-state index in [1.807, 2.05) is 0 Å². The molecule has 1 aromatic carbocycles. The lowest BCUT2D eigenvalue weighted by atomic mass is 9.83. The lowest BCUT2D eigenvalue weighted by Crippen LogP contribution is -2.53. The van der Waals surface area contributed by atoms with Gasteiger partial charge in [-0.15, -0.1) is 0 Å². The Morgan fingerprint density at radius 3 is 2.46 bits per heavy atom. The molecule has 2 rings (SSSR count). The van der Waals surface area contributed by atoms with Gasteiger partial charge in [-0.2, -0.15) is 0 Å². The van der Waals surface area contributed by atoms with Gasteiger partial charge in [-0.3, -0.25) is 10.1 Å². The van der Waals surface area contributed by atoms with Gasteiger partial charge in [0.15, 0.2) is 0 Å². The molecule has 0 saturated heterocycles. The average molecular weight is 392 g/mol. The summed E-state index contributed by atoms with van der Waals surface area (Å²) in [6.07, 6.45) is 0. The monoisotopic (exact) mass is 392 g/mol. The van der Waals surface area contributed by atoms with E-state index in [0.29, 0.717) is 0 Å². The zero-order valence-corrected chi connectivity index (χ0v) is 16.4. The molecule has 0 saturated carbocycles. The number of allylic oxidation sites excluding steroid dienone is 1. The third-order valence-corrected chi connectivity index (χ3v) is 4.14. The molecule has 0 aliphatic carbocycles. The van der Waals surface area contributed by atoms with Gasteiger partial charge in [0.2, 0.25) is 5.72 Å². The number of hydrogen-bond donors (Lipinski definition) is 2. The average Bonchev–Trinajstić information content (AvgIpc) is 2.85. The maximum Gasteiger partial charge on any atom is 0.360 e. The molecule has 2 N–H and O–H groups in total. The first kappa shape index (κ1) is 21.4. The zero-order valence-electron chi connectivity index (χ0n) is 16.4. The van der Waals surface area contributed by atoms with Crippen LogP contribution in [0.4, 0.5) is 5.69 Å². The van der Waals surface area contributed by atoms with Crippen molar-refractivity contribution in [2.45, 2.75) is 51.9 Å². The van der Waals surface area contributed by atoms with E-state index in [4.69, 9.17) is 9.47 Å². The number of nitro benzene ring substituents is 1. The van der Waals surface area contributed by atoms with E-state index in [2.05, 4.69) is 5.32 Å². The maximum atomic E-state index is 12.9. The summed E-state index contributed by atoms with van der Waals surface area (Å²) in [6, 6.07) is 5.60. The number of nitrogens with one attached hydrogen (secondary N) is 1. The fourth-order valence-electron chi connectivity index (χ4n) is 3.14. The van der Waals surface area contributed by atoms with Crippen molar-refractivity contribution >= 4 is 17.6 Å². The molecule has 0 spiro atoms. The van der Waals surface area contributed by atoms with Gasteiger partial charge in [0.25, 0.3) is 5.69 Å². The molecule has 0 unspecified atom stereocenters. The summed E-state index contributed by atoms with van der Waals surface area (Å²) in [4.78, 5) is 36.3. The Morgan fingerprint density at radius 2 is 1.93 bits per heavy atom. The van der Waals surface area contributed by atoms with Crippen LogP contribution in [-0.4, -0.2) is 39.9 Å². The Bertz CT molecular complexity index is 841. The number of nitrogens with zero attached hydrogens (tertiary/aromatic N) is 1. The van der Waals surface area contributed by atoms with Crippen molar-refractivity contribution in [3.63, 3.8) is 0 Å². The van der Waals surface area contributed by atoms with Gasteiger partial charge in [-0.1, -0.05) is 18.2 Å². The summed E-state index contributed by atoms with van der Waals surface area (Å²) < 4.78 is 10.4. The number of rotatable bonds is 5. The number of para-hydroxylation sites is 1. The van der Waals surface area contributed by atoms with Gasteiger partial charge >= 0.3 is 11.9 Å². The molecule has 0 fully saturated rings. The van der Waals surface area contributed by atoms with E-state index >= 15 is 0 Å². The van der Waals surface area contributed by atoms with Crippen LogP contribution >= 0.6 is 0 Å². The van der Waals surface area contributed by atoms with Gasteiger partial charge in [0.1, 0.15) is 5.60 Å². The molecule has 28 heavy (non-hydrogen) atoms. The second-order valence-electron chi connectivity index (χ2n) is 7.40. The van der Waals surface area contributed by atoms with Crippen LogP contribution in [-0.2, 0) is 19.1 Å². The SMILES string of the molecule is CCOC(=O)[C@@]1(O)NC(C)=C(C(=O)OC(C)(C)C)[C@@H]1c1ccccc1[N+](=O)[O-]. The molecule has 2 atom stereocenters. The van der Waals surface area contributed by atoms with E-state index in [9.17, 15) is 24.8 Å². The third-order valence-electron chi connectivity index (χ3n) is 4.14. The Hall–Kier alpha value is -2.94. The van der Waals surface area contributed by atoms with E-state index < -0.39 is 34.1 Å². The Balaban J connectivity index is 2.68. The summed E-state index contributed by atoms with van der Waals surface area (Å²) in [5.74, 6) is -3.22. The second-order valence-corrected chi connectivity index (χ2v) is 7.40. The van der Waals surface area contributed by atoms with Gasteiger partial charge in [-0.25, -0.2) is 9.59 Å². The normalized spacial score (nSPS) is 21.9. The molecule has 0 aromatic heterocycles. The van der Waals surface area contributed by atoms with Crippen LogP contribution in [0.25, 0.3) is 0 Å². The van der Waals surface area contributed by atoms with Crippen molar-refractivity contribution in [2.75, 3.05) is 6.61 Å². The van der Waals surface area contributed by atoms with Crippen LogP contribution in [0.15, 0.2) is 35.5 Å². The summed E-state index contributed by atoms with van der Waals surface area (Å²) in [7, 11) is 0. The van der Waals surface area contributed by atoms with Gasteiger partial charge < -0.3 is 19.9 Å². The minimum Gasteiger partial charge on any atom is -0.462 e. The highest BCUT2D eigenvalue weighted by molar-refractivity contribution is 5.96. The number of ether oxygens (including phenoxy) is 2. The molecule has 1 aliphatic rings. The van der Waals surface area contributed by atoms with Crippen LogP contribution in [0.3, 0.4) is 0 Å².